The number of hydrogen-bond acceptors (Lipinski definition) is 3. The number of benzene rings is 1. The first-order valence-electron chi connectivity index (χ1n) is 7.93. The van der Waals surface area contributed by atoms with Crippen LogP contribution in [0.25, 0.3) is 0 Å². The molecule has 2 N–H and O–H groups in total. The van der Waals surface area contributed by atoms with Crippen LogP contribution in [-0.4, -0.2) is 12.6 Å². The number of rotatable bonds is 7. The average Bonchev–Trinajstić information content (AvgIpc) is 2.41. The molecule has 0 aliphatic rings. The Hall–Kier alpha value is -1.51. The van der Waals surface area contributed by atoms with E-state index in [9.17, 15) is 4.79 Å². The first-order chi connectivity index (χ1) is 9.90. The zero-order chi connectivity index (χ0) is 16.0. The van der Waals surface area contributed by atoms with Crippen LogP contribution >= 0.6 is 0 Å². The molecular weight excluding hydrogens is 262 g/mol. The van der Waals surface area contributed by atoms with Crippen LogP contribution in [0.3, 0.4) is 0 Å². The summed E-state index contributed by atoms with van der Waals surface area (Å²) in [7, 11) is 0. The Balaban J connectivity index is 3.14. The lowest BCUT2D eigenvalue weighted by atomic mass is 9.85. The molecule has 0 aliphatic heterocycles. The van der Waals surface area contributed by atoms with Crippen molar-refractivity contribution in [2.24, 2.45) is 5.92 Å². The molecule has 3 nitrogen and oxygen atoms in total. The Bertz CT molecular complexity index is 482. The van der Waals surface area contributed by atoms with E-state index in [2.05, 4.69) is 19.9 Å². The molecule has 0 amide bonds. The largest absolute Gasteiger partial charge is 0.466 e. The van der Waals surface area contributed by atoms with E-state index in [0.717, 1.165) is 41.6 Å². The van der Waals surface area contributed by atoms with Crippen LogP contribution in [0.1, 0.15) is 62.6 Å². The number of ether oxygens (including phenoxy) is 1. The average molecular weight is 291 g/mol. The van der Waals surface area contributed by atoms with Crippen molar-refractivity contribution in [3.63, 3.8) is 0 Å². The molecule has 0 spiro atoms. The van der Waals surface area contributed by atoms with Crippen LogP contribution in [0, 0.1) is 19.8 Å². The number of nitrogens with two attached hydrogens (primary N) is 1. The number of hydrogen-bond donors (Lipinski definition) is 1. The molecule has 0 radical (unpaired) electrons. The van der Waals surface area contributed by atoms with E-state index in [1.807, 2.05) is 26.8 Å². The second kappa shape index (κ2) is 8.06. The van der Waals surface area contributed by atoms with Gasteiger partial charge in [0.05, 0.1) is 12.5 Å². The number of esters is 1. The molecule has 21 heavy (non-hydrogen) atoms. The van der Waals surface area contributed by atoms with E-state index in [1.165, 1.54) is 0 Å². The quantitative estimate of drug-likeness (QED) is 0.600. The van der Waals surface area contributed by atoms with Gasteiger partial charge in [0.15, 0.2) is 0 Å². The van der Waals surface area contributed by atoms with Gasteiger partial charge in [-0.25, -0.2) is 0 Å². The molecule has 0 aromatic heterocycles. The van der Waals surface area contributed by atoms with E-state index in [-0.39, 0.29) is 11.9 Å². The fraction of sp³-hybridized carbons (Fsp3) is 0.611. The topological polar surface area (TPSA) is 52.3 Å². The zero-order valence-corrected chi connectivity index (χ0v) is 14.0. The highest BCUT2D eigenvalue weighted by atomic mass is 16.5. The van der Waals surface area contributed by atoms with Crippen LogP contribution < -0.4 is 5.73 Å². The highest BCUT2D eigenvalue weighted by Gasteiger charge is 2.26. The van der Waals surface area contributed by atoms with Gasteiger partial charge in [-0.1, -0.05) is 44.4 Å². The van der Waals surface area contributed by atoms with Gasteiger partial charge in [0.2, 0.25) is 0 Å². The lowest BCUT2D eigenvalue weighted by Crippen LogP contribution is -2.20. The monoisotopic (exact) mass is 291 g/mol. The summed E-state index contributed by atoms with van der Waals surface area (Å²) in [5, 5.41) is 0. The van der Waals surface area contributed by atoms with Gasteiger partial charge in [0, 0.05) is 5.69 Å². The molecule has 1 aromatic rings. The predicted octanol–water partition coefficient (Wildman–Crippen LogP) is 4.36. The minimum absolute atomic E-state index is 0.155. The molecule has 0 saturated carbocycles. The third kappa shape index (κ3) is 4.76. The maximum absolute atomic E-state index is 12.4. The normalized spacial score (nSPS) is 13.8. The Kier molecular flexibility index (Phi) is 6.73. The summed E-state index contributed by atoms with van der Waals surface area (Å²) in [6.45, 7) is 10.6. The fourth-order valence-electron chi connectivity index (χ4n) is 2.91. The highest BCUT2D eigenvalue weighted by Crippen LogP contribution is 2.33. The maximum Gasteiger partial charge on any atom is 0.313 e. The first-order valence-corrected chi connectivity index (χ1v) is 7.93. The molecule has 0 aliphatic carbocycles. The molecule has 118 valence electrons. The van der Waals surface area contributed by atoms with E-state index in [0.29, 0.717) is 12.5 Å². The Morgan fingerprint density at radius 3 is 2.52 bits per heavy atom. The molecule has 0 bridgehead atoms. The summed E-state index contributed by atoms with van der Waals surface area (Å²) in [4.78, 5) is 12.4. The minimum Gasteiger partial charge on any atom is -0.466 e. The molecular formula is C18H29NO2. The van der Waals surface area contributed by atoms with Crippen molar-refractivity contribution in [1.29, 1.82) is 0 Å². The van der Waals surface area contributed by atoms with E-state index >= 15 is 0 Å². The van der Waals surface area contributed by atoms with Crippen molar-refractivity contribution in [3.8, 4) is 0 Å². The lowest BCUT2D eigenvalue weighted by molar-refractivity contribution is -0.145. The van der Waals surface area contributed by atoms with Gasteiger partial charge in [0.25, 0.3) is 0 Å². The first kappa shape index (κ1) is 17.5. The van der Waals surface area contributed by atoms with Crippen molar-refractivity contribution in [3.05, 3.63) is 28.8 Å². The standard InChI is InChI=1S/C18H29NO2/c1-6-8-12(3)10-16(18(20)21-7-2)15-11-13(4)9-14(5)17(15)19/h9,11-12,16H,6-8,10,19H2,1-5H3. The summed E-state index contributed by atoms with van der Waals surface area (Å²) in [5.74, 6) is 0.0619. The van der Waals surface area contributed by atoms with Crippen molar-refractivity contribution in [1.82, 2.24) is 0 Å². The second-order valence-corrected chi connectivity index (χ2v) is 6.02. The number of anilines is 1. The molecule has 3 heteroatoms. The smallest absolute Gasteiger partial charge is 0.313 e. The maximum atomic E-state index is 12.4. The van der Waals surface area contributed by atoms with Gasteiger partial charge in [-0.15, -0.1) is 0 Å². The van der Waals surface area contributed by atoms with Crippen LogP contribution in [-0.2, 0) is 9.53 Å². The van der Waals surface area contributed by atoms with E-state index < -0.39 is 0 Å². The fourth-order valence-corrected chi connectivity index (χ4v) is 2.91. The SMILES string of the molecule is CCCC(C)CC(C(=O)OCC)c1cc(C)cc(C)c1N. The molecule has 0 heterocycles. The number of carbonyl (C=O) groups is 1. The predicted molar refractivity (Wildman–Crippen MR) is 88.4 cm³/mol. The molecule has 2 atom stereocenters. The third-order valence-electron chi connectivity index (χ3n) is 3.93. The van der Waals surface area contributed by atoms with Crippen molar-refractivity contribution in [2.45, 2.75) is 59.8 Å². The van der Waals surface area contributed by atoms with Crippen molar-refractivity contribution >= 4 is 11.7 Å². The zero-order valence-electron chi connectivity index (χ0n) is 14.0. The van der Waals surface area contributed by atoms with Crippen molar-refractivity contribution in [2.75, 3.05) is 12.3 Å². The van der Waals surface area contributed by atoms with Gasteiger partial charge < -0.3 is 10.5 Å². The van der Waals surface area contributed by atoms with Crippen LogP contribution in [0.4, 0.5) is 5.69 Å². The van der Waals surface area contributed by atoms with E-state index in [4.69, 9.17) is 10.5 Å². The summed E-state index contributed by atoms with van der Waals surface area (Å²) in [6, 6.07) is 4.08. The number of aryl methyl sites for hydroxylation is 2. The molecule has 2 unspecified atom stereocenters. The Labute approximate surface area is 128 Å². The highest BCUT2D eigenvalue weighted by molar-refractivity contribution is 5.81. The van der Waals surface area contributed by atoms with Gasteiger partial charge in [-0.05, 0) is 44.2 Å². The summed E-state index contributed by atoms with van der Waals surface area (Å²) >= 11 is 0. The van der Waals surface area contributed by atoms with Gasteiger partial charge in [0.1, 0.15) is 0 Å². The Morgan fingerprint density at radius 2 is 1.95 bits per heavy atom. The lowest BCUT2D eigenvalue weighted by Gasteiger charge is -2.22. The number of nitrogen functional groups attached to an aromatic ring is 1. The summed E-state index contributed by atoms with van der Waals surface area (Å²) < 4.78 is 5.28. The van der Waals surface area contributed by atoms with Gasteiger partial charge in [-0.3, -0.25) is 4.79 Å². The molecule has 0 saturated heterocycles. The molecule has 1 rings (SSSR count). The summed E-state index contributed by atoms with van der Waals surface area (Å²) in [6.07, 6.45) is 3.03. The van der Waals surface area contributed by atoms with Crippen LogP contribution in [0.2, 0.25) is 0 Å². The molecule has 0 fully saturated rings. The van der Waals surface area contributed by atoms with Crippen LogP contribution in [0.5, 0.6) is 0 Å². The number of carbonyl (C=O) groups excluding carboxylic acids is 1. The van der Waals surface area contributed by atoms with E-state index in [1.54, 1.807) is 0 Å². The molecule has 1 aromatic carbocycles. The van der Waals surface area contributed by atoms with Crippen LogP contribution in [0.15, 0.2) is 12.1 Å². The Morgan fingerprint density at radius 1 is 1.29 bits per heavy atom. The van der Waals surface area contributed by atoms with Gasteiger partial charge >= 0.3 is 5.97 Å². The van der Waals surface area contributed by atoms with Gasteiger partial charge in [-0.2, -0.15) is 0 Å². The summed E-state index contributed by atoms with van der Waals surface area (Å²) in [5.41, 5.74) is 10.0. The van der Waals surface area contributed by atoms with Crippen molar-refractivity contribution < 1.29 is 9.53 Å². The minimum atomic E-state index is -0.259. The third-order valence-corrected chi connectivity index (χ3v) is 3.93. The second-order valence-electron chi connectivity index (χ2n) is 6.02.